The highest BCUT2D eigenvalue weighted by Crippen LogP contribution is 2.24. The van der Waals surface area contributed by atoms with Crippen LogP contribution >= 0.6 is 11.8 Å². The molecule has 6 heteroatoms. The zero-order valence-corrected chi connectivity index (χ0v) is 15.9. The number of hydrogen-bond donors (Lipinski definition) is 1. The molecule has 3 rings (SSSR count). The number of aromatic nitrogens is 2. The van der Waals surface area contributed by atoms with Gasteiger partial charge in [-0.2, -0.15) is 0 Å². The van der Waals surface area contributed by atoms with Crippen molar-refractivity contribution in [1.29, 1.82) is 0 Å². The average molecular weight is 372 g/mol. The quantitative estimate of drug-likeness (QED) is 0.480. The lowest BCUT2D eigenvalue weighted by molar-refractivity contribution is -0.119. The molecule has 0 bridgehead atoms. The second kappa shape index (κ2) is 8.54. The highest BCUT2D eigenvalue weighted by Gasteiger charge is 2.20. The first-order chi connectivity index (χ1) is 12.6. The summed E-state index contributed by atoms with van der Waals surface area (Å²) in [6, 6.07) is 7.56. The van der Waals surface area contributed by atoms with E-state index < -0.39 is 0 Å². The molecule has 0 saturated heterocycles. The third kappa shape index (κ3) is 4.36. The van der Waals surface area contributed by atoms with Crippen LogP contribution in [-0.2, 0) is 11.3 Å². The Labute approximate surface area is 157 Å². The molecule has 0 aliphatic heterocycles. The molecule has 1 N–H and O–H groups in total. The predicted molar refractivity (Wildman–Crippen MR) is 106 cm³/mol. The summed E-state index contributed by atoms with van der Waals surface area (Å²) < 4.78 is 1.58. The molecule has 1 heterocycles. The molecule has 138 valence electrons. The molecule has 1 aromatic carbocycles. The van der Waals surface area contributed by atoms with Crippen molar-refractivity contribution in [2.75, 3.05) is 5.75 Å². The van der Waals surface area contributed by atoms with Gasteiger partial charge in [-0.25, -0.2) is 4.98 Å². The highest BCUT2D eigenvalue weighted by molar-refractivity contribution is 7.99. The largest absolute Gasteiger partial charge is 0.353 e. The van der Waals surface area contributed by atoms with Gasteiger partial charge in [0.15, 0.2) is 5.16 Å². The fourth-order valence-corrected chi connectivity index (χ4v) is 4.17. The molecule has 1 amide bonds. The summed E-state index contributed by atoms with van der Waals surface area (Å²) in [6.07, 6.45) is 6.11. The number of amides is 1. The number of hydrogen-bond acceptors (Lipinski definition) is 4. The molecule has 1 saturated carbocycles. The highest BCUT2D eigenvalue weighted by atomic mass is 32.2. The topological polar surface area (TPSA) is 64.0 Å². The summed E-state index contributed by atoms with van der Waals surface area (Å²) in [7, 11) is 0. The lowest BCUT2D eigenvalue weighted by Crippen LogP contribution is -2.38. The van der Waals surface area contributed by atoms with Crippen LogP contribution < -0.4 is 10.9 Å². The Morgan fingerprint density at radius 1 is 1.35 bits per heavy atom. The molecule has 0 atom stereocenters. The minimum Gasteiger partial charge on any atom is -0.353 e. The van der Waals surface area contributed by atoms with E-state index in [-0.39, 0.29) is 23.3 Å². The van der Waals surface area contributed by atoms with Gasteiger partial charge >= 0.3 is 0 Å². The standard InChI is InChI=1S/C20H25N3O2S/c1-3-12-23-19(25)16-6-4-5-7-17(16)22-20(23)26-13-18(24)21-15-10-8-14(2)9-11-15/h3-7,14-15H,1,8-13H2,2H3,(H,21,24). The van der Waals surface area contributed by atoms with Crippen molar-refractivity contribution in [3.8, 4) is 0 Å². The Balaban J connectivity index is 1.71. The molecule has 1 aliphatic rings. The molecule has 1 aliphatic carbocycles. The van der Waals surface area contributed by atoms with Crippen LogP contribution in [0.1, 0.15) is 32.6 Å². The van der Waals surface area contributed by atoms with E-state index in [2.05, 4.69) is 23.8 Å². The Kier molecular flexibility index (Phi) is 6.14. The minimum absolute atomic E-state index is 0.00196. The van der Waals surface area contributed by atoms with E-state index >= 15 is 0 Å². The molecule has 2 aromatic rings. The van der Waals surface area contributed by atoms with E-state index in [0.29, 0.717) is 22.6 Å². The molecular weight excluding hydrogens is 346 g/mol. The minimum atomic E-state index is -0.0975. The molecule has 1 aromatic heterocycles. The van der Waals surface area contributed by atoms with Crippen LogP contribution in [0.25, 0.3) is 10.9 Å². The Morgan fingerprint density at radius 3 is 2.81 bits per heavy atom. The van der Waals surface area contributed by atoms with Gasteiger partial charge in [0.05, 0.1) is 16.7 Å². The third-order valence-electron chi connectivity index (χ3n) is 4.85. The van der Waals surface area contributed by atoms with Gasteiger partial charge < -0.3 is 5.32 Å². The first kappa shape index (κ1) is 18.7. The number of allylic oxidation sites excluding steroid dienone is 1. The molecule has 5 nitrogen and oxygen atoms in total. The maximum absolute atomic E-state index is 12.7. The first-order valence-electron chi connectivity index (χ1n) is 9.11. The van der Waals surface area contributed by atoms with Crippen LogP contribution in [0, 0.1) is 5.92 Å². The fraction of sp³-hybridized carbons (Fsp3) is 0.450. The Bertz CT molecular complexity index is 854. The second-order valence-electron chi connectivity index (χ2n) is 6.93. The second-order valence-corrected chi connectivity index (χ2v) is 7.87. The number of fused-ring (bicyclic) bond motifs is 1. The monoisotopic (exact) mass is 371 g/mol. The van der Waals surface area contributed by atoms with Crippen molar-refractivity contribution in [2.24, 2.45) is 5.92 Å². The van der Waals surface area contributed by atoms with Gasteiger partial charge in [0.25, 0.3) is 5.56 Å². The van der Waals surface area contributed by atoms with E-state index in [0.717, 1.165) is 18.8 Å². The number of carbonyl (C=O) groups excluding carboxylic acids is 1. The lowest BCUT2D eigenvalue weighted by Gasteiger charge is -2.26. The first-order valence-corrected chi connectivity index (χ1v) is 10.1. The van der Waals surface area contributed by atoms with Gasteiger partial charge in [0.1, 0.15) is 0 Å². The van der Waals surface area contributed by atoms with Gasteiger partial charge in [-0.3, -0.25) is 14.2 Å². The number of nitrogens with one attached hydrogen (secondary N) is 1. The summed E-state index contributed by atoms with van der Waals surface area (Å²) in [5, 5.41) is 4.26. The summed E-state index contributed by atoms with van der Waals surface area (Å²) in [5.74, 6) is 1.02. The third-order valence-corrected chi connectivity index (χ3v) is 5.83. The van der Waals surface area contributed by atoms with Crippen molar-refractivity contribution in [3.63, 3.8) is 0 Å². The van der Waals surface area contributed by atoms with E-state index in [4.69, 9.17) is 0 Å². The van der Waals surface area contributed by atoms with Gasteiger partial charge in [0.2, 0.25) is 5.91 Å². The number of carbonyl (C=O) groups is 1. The van der Waals surface area contributed by atoms with Crippen molar-refractivity contribution in [2.45, 2.75) is 50.4 Å². The van der Waals surface area contributed by atoms with Crippen molar-refractivity contribution < 1.29 is 4.79 Å². The number of para-hydroxylation sites is 1. The number of rotatable bonds is 6. The van der Waals surface area contributed by atoms with E-state index in [1.807, 2.05) is 18.2 Å². The molecule has 0 unspecified atom stereocenters. The van der Waals surface area contributed by atoms with E-state index in [1.165, 1.54) is 24.6 Å². The van der Waals surface area contributed by atoms with Gasteiger partial charge in [-0.15, -0.1) is 6.58 Å². The lowest BCUT2D eigenvalue weighted by atomic mass is 9.87. The molecular formula is C20H25N3O2S. The van der Waals surface area contributed by atoms with Crippen LogP contribution in [0.2, 0.25) is 0 Å². The number of benzene rings is 1. The number of thioether (sulfide) groups is 1. The SMILES string of the molecule is C=CCn1c(SCC(=O)NC2CCC(C)CC2)nc2ccccc2c1=O. The summed E-state index contributed by atoms with van der Waals surface area (Å²) in [4.78, 5) is 29.6. The predicted octanol–water partition coefficient (Wildman–Crippen LogP) is 3.37. The Morgan fingerprint density at radius 2 is 2.08 bits per heavy atom. The van der Waals surface area contributed by atoms with E-state index in [1.54, 1.807) is 16.7 Å². The average Bonchev–Trinajstić information content (AvgIpc) is 2.64. The van der Waals surface area contributed by atoms with E-state index in [9.17, 15) is 9.59 Å². The van der Waals surface area contributed by atoms with Crippen molar-refractivity contribution >= 4 is 28.6 Å². The molecule has 1 fully saturated rings. The van der Waals surface area contributed by atoms with Crippen LogP contribution in [0.15, 0.2) is 46.9 Å². The van der Waals surface area contributed by atoms with Crippen LogP contribution in [0.3, 0.4) is 0 Å². The summed E-state index contributed by atoms with van der Waals surface area (Å²) in [5.41, 5.74) is 0.557. The summed E-state index contributed by atoms with van der Waals surface area (Å²) in [6.45, 7) is 6.36. The maximum atomic E-state index is 12.7. The zero-order chi connectivity index (χ0) is 18.5. The Hall–Kier alpha value is -2.08. The fourth-order valence-electron chi connectivity index (χ4n) is 3.35. The van der Waals surface area contributed by atoms with Gasteiger partial charge in [-0.05, 0) is 43.7 Å². The van der Waals surface area contributed by atoms with Crippen LogP contribution in [0.5, 0.6) is 0 Å². The van der Waals surface area contributed by atoms with Crippen molar-refractivity contribution in [1.82, 2.24) is 14.9 Å². The molecule has 0 radical (unpaired) electrons. The molecule has 26 heavy (non-hydrogen) atoms. The van der Waals surface area contributed by atoms with Crippen LogP contribution in [-0.4, -0.2) is 27.3 Å². The smallest absolute Gasteiger partial charge is 0.262 e. The van der Waals surface area contributed by atoms with Gasteiger partial charge in [0, 0.05) is 12.6 Å². The normalized spacial score (nSPS) is 20.0. The van der Waals surface area contributed by atoms with Gasteiger partial charge in [-0.1, -0.05) is 36.9 Å². The van der Waals surface area contributed by atoms with Crippen LogP contribution in [0.4, 0.5) is 0 Å². The zero-order valence-electron chi connectivity index (χ0n) is 15.1. The molecule has 0 spiro atoms. The number of nitrogens with zero attached hydrogens (tertiary/aromatic N) is 2. The maximum Gasteiger partial charge on any atom is 0.262 e. The van der Waals surface area contributed by atoms with Crippen molar-refractivity contribution in [3.05, 3.63) is 47.3 Å². The summed E-state index contributed by atoms with van der Waals surface area (Å²) >= 11 is 1.31.